The highest BCUT2D eigenvalue weighted by molar-refractivity contribution is 5.32. The zero-order valence-corrected chi connectivity index (χ0v) is 13.8. The number of hydrogen-bond acceptors (Lipinski definition) is 8. The van der Waals surface area contributed by atoms with E-state index in [1.807, 2.05) is 13.8 Å². The van der Waals surface area contributed by atoms with Gasteiger partial charge in [-0.15, -0.1) is 0 Å². The molecule has 0 aliphatic carbocycles. The summed E-state index contributed by atoms with van der Waals surface area (Å²) in [5, 5.41) is 3.87. The summed E-state index contributed by atoms with van der Waals surface area (Å²) in [6, 6.07) is 1.90. The maximum Gasteiger partial charge on any atom is 0.243 e. The van der Waals surface area contributed by atoms with Gasteiger partial charge in [0.1, 0.15) is 0 Å². The third kappa shape index (κ3) is 3.58. The molecule has 1 aliphatic heterocycles. The summed E-state index contributed by atoms with van der Waals surface area (Å²) in [5.74, 6) is 2.68. The predicted molar refractivity (Wildman–Crippen MR) is 84.4 cm³/mol. The van der Waals surface area contributed by atoms with E-state index >= 15 is 0 Å². The van der Waals surface area contributed by atoms with Crippen LogP contribution in [0.4, 0.5) is 5.95 Å². The Bertz CT molecular complexity index is 638. The number of aromatic nitrogens is 4. The maximum absolute atomic E-state index is 5.44. The number of rotatable bonds is 5. The summed E-state index contributed by atoms with van der Waals surface area (Å²) in [7, 11) is 0. The van der Waals surface area contributed by atoms with E-state index in [-0.39, 0.29) is 6.04 Å². The topological polar surface area (TPSA) is 80.4 Å². The molecule has 8 nitrogen and oxygen atoms in total. The Morgan fingerprint density at radius 3 is 2.70 bits per heavy atom. The normalized spacial score (nSPS) is 17.3. The molecule has 3 heterocycles. The fourth-order valence-corrected chi connectivity index (χ4v) is 2.66. The summed E-state index contributed by atoms with van der Waals surface area (Å²) >= 11 is 0. The summed E-state index contributed by atoms with van der Waals surface area (Å²) in [4.78, 5) is 17.6. The van der Waals surface area contributed by atoms with E-state index in [1.54, 1.807) is 12.3 Å². The quantitative estimate of drug-likeness (QED) is 0.819. The summed E-state index contributed by atoms with van der Waals surface area (Å²) in [6.45, 7) is 9.97. The fraction of sp³-hybridized carbons (Fsp3) is 0.600. The van der Waals surface area contributed by atoms with E-state index in [0.717, 1.165) is 32.1 Å². The summed E-state index contributed by atoms with van der Waals surface area (Å²) in [5.41, 5.74) is 0. The van der Waals surface area contributed by atoms with E-state index in [9.17, 15) is 0 Å². The van der Waals surface area contributed by atoms with E-state index in [1.165, 1.54) is 0 Å². The second-order valence-corrected chi connectivity index (χ2v) is 5.51. The Morgan fingerprint density at radius 2 is 2.04 bits per heavy atom. The van der Waals surface area contributed by atoms with Crippen molar-refractivity contribution in [3.63, 3.8) is 0 Å². The zero-order chi connectivity index (χ0) is 16.2. The van der Waals surface area contributed by atoms with Crippen molar-refractivity contribution < 1.29 is 9.26 Å². The number of anilines is 1. The molecule has 0 saturated carbocycles. The molecule has 2 aromatic heterocycles. The number of ether oxygens (including phenoxy) is 1. The van der Waals surface area contributed by atoms with Gasteiger partial charge in [0.25, 0.3) is 0 Å². The van der Waals surface area contributed by atoms with Crippen molar-refractivity contribution in [3.8, 4) is 5.88 Å². The molecule has 1 aliphatic rings. The van der Waals surface area contributed by atoms with Crippen molar-refractivity contribution in [3.05, 3.63) is 24.0 Å². The summed E-state index contributed by atoms with van der Waals surface area (Å²) in [6.07, 6.45) is 1.74. The predicted octanol–water partition coefficient (Wildman–Crippen LogP) is 1.45. The molecule has 23 heavy (non-hydrogen) atoms. The van der Waals surface area contributed by atoms with Gasteiger partial charge >= 0.3 is 0 Å². The van der Waals surface area contributed by atoms with E-state index in [4.69, 9.17) is 9.26 Å². The van der Waals surface area contributed by atoms with Gasteiger partial charge in [-0.3, -0.25) is 4.90 Å². The molecule has 124 valence electrons. The lowest BCUT2D eigenvalue weighted by molar-refractivity contribution is 0.163. The van der Waals surface area contributed by atoms with Crippen LogP contribution in [-0.4, -0.2) is 57.8 Å². The highest BCUT2D eigenvalue weighted by Crippen LogP contribution is 2.22. The van der Waals surface area contributed by atoms with Gasteiger partial charge in [0.2, 0.25) is 17.7 Å². The molecule has 0 amide bonds. The van der Waals surface area contributed by atoms with Crippen LogP contribution in [0.5, 0.6) is 5.88 Å². The van der Waals surface area contributed by atoms with Crippen LogP contribution < -0.4 is 9.64 Å². The van der Waals surface area contributed by atoms with Gasteiger partial charge in [0, 0.05) is 38.4 Å². The molecule has 0 spiro atoms. The Balaban J connectivity index is 1.61. The van der Waals surface area contributed by atoms with Crippen molar-refractivity contribution in [1.82, 2.24) is 25.0 Å². The minimum absolute atomic E-state index is 0.119. The van der Waals surface area contributed by atoms with Gasteiger partial charge in [-0.2, -0.15) is 9.97 Å². The van der Waals surface area contributed by atoms with Gasteiger partial charge in [0.05, 0.1) is 12.6 Å². The Hall–Kier alpha value is -2.22. The second kappa shape index (κ2) is 6.91. The monoisotopic (exact) mass is 318 g/mol. The van der Waals surface area contributed by atoms with Crippen molar-refractivity contribution in [1.29, 1.82) is 0 Å². The van der Waals surface area contributed by atoms with Gasteiger partial charge < -0.3 is 14.2 Å². The van der Waals surface area contributed by atoms with E-state index in [2.05, 4.69) is 36.8 Å². The van der Waals surface area contributed by atoms with Gasteiger partial charge in [-0.1, -0.05) is 5.16 Å². The first kappa shape index (κ1) is 15.7. The SMILES string of the molecule is CCOc1ccnc(N2CCN([C@H](C)c3nc(C)no3)CC2)n1. The number of piperazine rings is 1. The van der Waals surface area contributed by atoms with Crippen molar-refractivity contribution in [2.24, 2.45) is 0 Å². The molecule has 2 aromatic rings. The molecule has 1 fully saturated rings. The smallest absolute Gasteiger partial charge is 0.243 e. The number of hydrogen-bond donors (Lipinski definition) is 0. The molecule has 0 aromatic carbocycles. The minimum Gasteiger partial charge on any atom is -0.478 e. The van der Waals surface area contributed by atoms with Crippen LogP contribution in [0.15, 0.2) is 16.8 Å². The van der Waals surface area contributed by atoms with Gasteiger partial charge in [-0.25, -0.2) is 4.98 Å². The van der Waals surface area contributed by atoms with Gasteiger partial charge in [0.15, 0.2) is 5.82 Å². The molecule has 0 radical (unpaired) electrons. The van der Waals surface area contributed by atoms with Crippen molar-refractivity contribution >= 4 is 5.95 Å². The maximum atomic E-state index is 5.44. The zero-order valence-electron chi connectivity index (χ0n) is 13.8. The molecule has 8 heteroatoms. The average molecular weight is 318 g/mol. The van der Waals surface area contributed by atoms with Crippen molar-refractivity contribution in [2.75, 3.05) is 37.7 Å². The Kier molecular flexibility index (Phi) is 4.71. The summed E-state index contributed by atoms with van der Waals surface area (Å²) < 4.78 is 10.7. The van der Waals surface area contributed by atoms with E-state index in [0.29, 0.717) is 24.2 Å². The average Bonchev–Trinajstić information content (AvgIpc) is 3.01. The number of aryl methyl sites for hydroxylation is 1. The Morgan fingerprint density at radius 1 is 1.26 bits per heavy atom. The van der Waals surface area contributed by atoms with E-state index < -0.39 is 0 Å². The highest BCUT2D eigenvalue weighted by atomic mass is 16.5. The van der Waals surface area contributed by atoms with Crippen LogP contribution in [0, 0.1) is 6.92 Å². The lowest BCUT2D eigenvalue weighted by atomic mass is 10.2. The third-order valence-corrected chi connectivity index (χ3v) is 3.96. The molecule has 1 atom stereocenters. The van der Waals surface area contributed by atoms with Crippen LogP contribution >= 0.6 is 0 Å². The molecule has 3 rings (SSSR count). The molecule has 0 unspecified atom stereocenters. The molecular weight excluding hydrogens is 296 g/mol. The molecule has 0 bridgehead atoms. The minimum atomic E-state index is 0.119. The van der Waals surface area contributed by atoms with Crippen LogP contribution in [0.25, 0.3) is 0 Å². The molecular formula is C15H22N6O2. The first-order valence-corrected chi connectivity index (χ1v) is 7.92. The molecule has 1 saturated heterocycles. The first-order chi connectivity index (χ1) is 11.2. The number of nitrogens with zero attached hydrogens (tertiary/aromatic N) is 6. The first-order valence-electron chi connectivity index (χ1n) is 7.92. The van der Waals surface area contributed by atoms with Crippen LogP contribution in [-0.2, 0) is 0 Å². The second-order valence-electron chi connectivity index (χ2n) is 5.51. The van der Waals surface area contributed by atoms with Crippen molar-refractivity contribution in [2.45, 2.75) is 26.8 Å². The largest absolute Gasteiger partial charge is 0.478 e. The van der Waals surface area contributed by atoms with Gasteiger partial charge in [-0.05, 0) is 20.8 Å². The highest BCUT2D eigenvalue weighted by Gasteiger charge is 2.26. The fourth-order valence-electron chi connectivity index (χ4n) is 2.66. The standard InChI is InChI=1S/C15H22N6O2/c1-4-22-13-5-6-16-15(18-13)21-9-7-20(8-10-21)11(2)14-17-12(3)19-23-14/h5-6,11H,4,7-10H2,1-3H3/t11-/m1/s1. The molecule has 0 N–H and O–H groups in total. The van der Waals surface area contributed by atoms with Crippen LogP contribution in [0.3, 0.4) is 0 Å². The third-order valence-electron chi connectivity index (χ3n) is 3.96. The Labute approximate surface area is 135 Å². The van der Waals surface area contributed by atoms with Crippen LogP contribution in [0.2, 0.25) is 0 Å². The lowest BCUT2D eigenvalue weighted by Gasteiger charge is -2.36. The lowest BCUT2D eigenvalue weighted by Crippen LogP contribution is -2.47. The van der Waals surface area contributed by atoms with Crippen LogP contribution in [0.1, 0.15) is 31.6 Å².